The van der Waals surface area contributed by atoms with Gasteiger partial charge >= 0.3 is 0 Å². The van der Waals surface area contributed by atoms with Gasteiger partial charge in [0.25, 0.3) is 0 Å². The lowest BCUT2D eigenvalue weighted by Crippen LogP contribution is -2.06. The highest BCUT2D eigenvalue weighted by atomic mass is 32.2. The van der Waals surface area contributed by atoms with E-state index in [1.807, 2.05) is 0 Å². The van der Waals surface area contributed by atoms with Gasteiger partial charge in [0.05, 0.1) is 29.4 Å². The molecule has 0 aliphatic carbocycles. The number of benzene rings is 1. The topological polar surface area (TPSA) is 104 Å². The number of fused-ring (bicyclic) bond motifs is 1. The third-order valence-electron chi connectivity index (χ3n) is 4.67. The quantitative estimate of drug-likeness (QED) is 0.508. The van der Waals surface area contributed by atoms with Crippen molar-refractivity contribution in [2.24, 2.45) is 0 Å². The molecular formula is C19H14FN5O3S. The maximum absolute atomic E-state index is 14.1. The number of hydrogen-bond donors (Lipinski definition) is 0. The number of sulfone groups is 1. The number of rotatable bonds is 4. The first kappa shape index (κ1) is 17.7. The third kappa shape index (κ3) is 3.31. The first-order valence-electron chi connectivity index (χ1n) is 8.76. The summed E-state index contributed by atoms with van der Waals surface area (Å²) in [4.78, 5) is 8.67. The summed E-state index contributed by atoms with van der Waals surface area (Å²) in [5.41, 5.74) is 3.13. The van der Waals surface area contributed by atoms with Gasteiger partial charge in [-0.2, -0.15) is 5.10 Å². The van der Waals surface area contributed by atoms with E-state index in [9.17, 15) is 12.8 Å². The predicted molar refractivity (Wildman–Crippen MR) is 101 cm³/mol. The number of hydrogen-bond acceptors (Lipinski definition) is 7. The molecule has 4 aromatic rings. The zero-order valence-corrected chi connectivity index (χ0v) is 15.8. The first-order chi connectivity index (χ1) is 14.0. The summed E-state index contributed by atoms with van der Waals surface area (Å²) < 4.78 is 44.4. The van der Waals surface area contributed by atoms with Crippen LogP contribution in [0, 0.1) is 5.82 Å². The first-order valence-corrected chi connectivity index (χ1v) is 10.6. The van der Waals surface area contributed by atoms with Crippen molar-refractivity contribution >= 4 is 9.84 Å². The van der Waals surface area contributed by atoms with Crippen LogP contribution in [0.25, 0.3) is 22.9 Å². The molecule has 0 spiro atoms. The van der Waals surface area contributed by atoms with Crippen molar-refractivity contribution in [3.05, 3.63) is 71.5 Å². The number of aromatic nitrogens is 5. The second kappa shape index (κ2) is 6.59. The molecule has 0 fully saturated rings. The van der Waals surface area contributed by atoms with Crippen LogP contribution in [0.1, 0.15) is 16.8 Å². The Bertz CT molecular complexity index is 1320. The van der Waals surface area contributed by atoms with Crippen LogP contribution in [0.15, 0.2) is 53.4 Å². The van der Waals surface area contributed by atoms with Crippen molar-refractivity contribution in [3.63, 3.8) is 0 Å². The van der Waals surface area contributed by atoms with Crippen molar-refractivity contribution in [2.45, 2.75) is 18.1 Å². The molecule has 4 heterocycles. The molecule has 0 saturated carbocycles. The molecule has 0 radical (unpaired) electrons. The average Bonchev–Trinajstić information content (AvgIpc) is 3.40. The van der Waals surface area contributed by atoms with Gasteiger partial charge in [-0.15, -0.1) is 0 Å². The van der Waals surface area contributed by atoms with Crippen molar-refractivity contribution in [3.8, 4) is 22.9 Å². The second-order valence-corrected chi connectivity index (χ2v) is 8.81. The highest BCUT2D eigenvalue weighted by Gasteiger charge is 2.27. The maximum Gasteiger partial charge on any atom is 0.180 e. The minimum absolute atomic E-state index is 0.0471. The Hall–Kier alpha value is -3.40. The molecule has 5 rings (SSSR count). The van der Waals surface area contributed by atoms with Crippen molar-refractivity contribution in [1.82, 2.24) is 24.9 Å². The highest BCUT2D eigenvalue weighted by molar-refractivity contribution is 7.90. The van der Waals surface area contributed by atoms with Crippen molar-refractivity contribution < 1.29 is 17.3 Å². The summed E-state index contributed by atoms with van der Waals surface area (Å²) in [5.74, 6) is -0.189. The Labute approximate surface area is 164 Å². The van der Waals surface area contributed by atoms with Crippen LogP contribution in [0.4, 0.5) is 4.39 Å². The molecule has 1 aromatic carbocycles. The van der Waals surface area contributed by atoms with Gasteiger partial charge in [0.15, 0.2) is 15.7 Å². The minimum Gasteiger partial charge on any atom is -0.364 e. The Balaban J connectivity index is 1.58. The maximum atomic E-state index is 14.1. The van der Waals surface area contributed by atoms with Gasteiger partial charge in [-0.05, 0) is 12.1 Å². The fraction of sp³-hybridized carbons (Fsp3) is 0.158. The third-order valence-corrected chi connectivity index (χ3v) is 6.14. The van der Waals surface area contributed by atoms with Gasteiger partial charge in [0.1, 0.15) is 23.5 Å². The van der Waals surface area contributed by atoms with Crippen LogP contribution in [-0.4, -0.2) is 33.3 Å². The molecule has 1 aliphatic rings. The molecule has 0 amide bonds. The van der Waals surface area contributed by atoms with Gasteiger partial charge < -0.3 is 4.52 Å². The monoisotopic (exact) mass is 411 g/mol. The van der Waals surface area contributed by atoms with E-state index >= 15 is 0 Å². The Morgan fingerprint density at radius 1 is 1.14 bits per heavy atom. The molecule has 146 valence electrons. The normalized spacial score (nSPS) is 14.8. The van der Waals surface area contributed by atoms with Gasteiger partial charge in [0.2, 0.25) is 0 Å². The summed E-state index contributed by atoms with van der Waals surface area (Å²) in [7, 11) is -3.18. The van der Waals surface area contributed by atoms with Crippen LogP contribution in [0.5, 0.6) is 0 Å². The SMILES string of the molecule is O=S1(=O)Cc2cnc(-c3cc(-c4ccon4)n(Cc4ccccc4F)n3)nc2C1. The lowest BCUT2D eigenvalue weighted by atomic mass is 10.2. The molecule has 0 N–H and O–H groups in total. The number of halogens is 1. The van der Waals surface area contributed by atoms with E-state index in [4.69, 9.17) is 4.52 Å². The summed E-state index contributed by atoms with van der Waals surface area (Å²) in [6, 6.07) is 9.85. The highest BCUT2D eigenvalue weighted by Crippen LogP contribution is 2.28. The molecule has 3 aromatic heterocycles. The average molecular weight is 411 g/mol. The molecule has 1 aliphatic heterocycles. The zero-order valence-electron chi connectivity index (χ0n) is 15.0. The largest absolute Gasteiger partial charge is 0.364 e. The fourth-order valence-corrected chi connectivity index (χ4v) is 4.78. The van der Waals surface area contributed by atoms with Gasteiger partial charge in [0, 0.05) is 23.4 Å². The van der Waals surface area contributed by atoms with E-state index < -0.39 is 9.84 Å². The Kier molecular flexibility index (Phi) is 4.02. The van der Waals surface area contributed by atoms with E-state index in [0.717, 1.165) is 0 Å². The lowest BCUT2D eigenvalue weighted by Gasteiger charge is -2.06. The zero-order chi connectivity index (χ0) is 20.0. The van der Waals surface area contributed by atoms with Crippen LogP contribution in [0.2, 0.25) is 0 Å². The van der Waals surface area contributed by atoms with Crippen LogP contribution < -0.4 is 0 Å². The van der Waals surface area contributed by atoms with E-state index in [1.54, 1.807) is 35.0 Å². The summed E-state index contributed by atoms with van der Waals surface area (Å²) >= 11 is 0. The molecule has 10 heteroatoms. The Morgan fingerprint density at radius 3 is 2.79 bits per heavy atom. The predicted octanol–water partition coefficient (Wildman–Crippen LogP) is 2.61. The van der Waals surface area contributed by atoms with Crippen molar-refractivity contribution in [1.29, 1.82) is 0 Å². The van der Waals surface area contributed by atoms with Crippen LogP contribution in [-0.2, 0) is 27.9 Å². The van der Waals surface area contributed by atoms with E-state index in [0.29, 0.717) is 39.7 Å². The summed E-state index contributed by atoms with van der Waals surface area (Å²) in [6.07, 6.45) is 2.96. The molecule has 0 atom stereocenters. The summed E-state index contributed by atoms with van der Waals surface area (Å²) in [6.45, 7) is 0.175. The number of nitrogens with zero attached hydrogens (tertiary/aromatic N) is 5. The molecule has 0 bridgehead atoms. The fourth-order valence-electron chi connectivity index (χ4n) is 3.29. The van der Waals surface area contributed by atoms with E-state index in [2.05, 4.69) is 20.2 Å². The lowest BCUT2D eigenvalue weighted by molar-refractivity contribution is 0.421. The van der Waals surface area contributed by atoms with Crippen LogP contribution >= 0.6 is 0 Å². The molecule has 8 nitrogen and oxygen atoms in total. The molecular weight excluding hydrogens is 397 g/mol. The van der Waals surface area contributed by atoms with Gasteiger partial charge in [-0.25, -0.2) is 22.8 Å². The second-order valence-electron chi connectivity index (χ2n) is 6.75. The van der Waals surface area contributed by atoms with Gasteiger partial charge in [-0.3, -0.25) is 4.68 Å². The van der Waals surface area contributed by atoms with Crippen molar-refractivity contribution in [2.75, 3.05) is 0 Å². The smallest absolute Gasteiger partial charge is 0.180 e. The minimum atomic E-state index is -3.18. The molecule has 29 heavy (non-hydrogen) atoms. The molecule has 0 unspecified atom stereocenters. The summed E-state index contributed by atoms with van der Waals surface area (Å²) in [5, 5.41) is 8.47. The molecule has 0 saturated heterocycles. The van der Waals surface area contributed by atoms with E-state index in [1.165, 1.54) is 18.5 Å². The van der Waals surface area contributed by atoms with E-state index in [-0.39, 0.29) is 23.9 Å². The van der Waals surface area contributed by atoms with Gasteiger partial charge in [-0.1, -0.05) is 23.4 Å². The Morgan fingerprint density at radius 2 is 2.00 bits per heavy atom. The standard InChI is InChI=1S/C19H14FN5O3S/c20-14-4-2-1-3-12(14)9-25-18(15-5-6-28-24-15)7-16(23-25)19-21-8-13-10-29(26,27)11-17(13)22-19/h1-8H,9-11H2. The van der Waals surface area contributed by atoms with Crippen LogP contribution in [0.3, 0.4) is 0 Å².